The summed E-state index contributed by atoms with van der Waals surface area (Å²) in [6.45, 7) is -0.735. The number of nitro groups is 1. The number of amides is 1. The molecule has 2 heterocycles. The highest BCUT2D eigenvalue weighted by Crippen LogP contribution is 2.24. The van der Waals surface area contributed by atoms with E-state index in [2.05, 4.69) is 15.0 Å². The molecule has 0 aromatic carbocycles. The molecule has 0 radical (unpaired) electrons. The van der Waals surface area contributed by atoms with E-state index < -0.39 is 40.3 Å². The lowest BCUT2D eigenvalue weighted by atomic mass is 10.4. The van der Waals surface area contributed by atoms with Gasteiger partial charge >= 0.3 is 16.7 Å². The van der Waals surface area contributed by atoms with Crippen LogP contribution >= 0.6 is 11.3 Å². The molecule has 0 saturated heterocycles. The minimum Gasteiger partial charge on any atom is -0.451 e. The van der Waals surface area contributed by atoms with Crippen LogP contribution in [0.25, 0.3) is 0 Å². The van der Waals surface area contributed by atoms with Gasteiger partial charge in [0.15, 0.2) is 11.7 Å². The van der Waals surface area contributed by atoms with Crippen LogP contribution in [0.4, 0.5) is 10.1 Å². The Morgan fingerprint density at radius 1 is 1.39 bits per heavy atom. The number of carbonyl (C=O) groups excluding carboxylic acids is 2. The lowest BCUT2D eigenvalue weighted by Gasteiger charge is -2.03. The summed E-state index contributed by atoms with van der Waals surface area (Å²) in [5.41, 5.74) is -2.12. The summed E-state index contributed by atoms with van der Waals surface area (Å²) in [5, 5.41) is 12.4. The van der Waals surface area contributed by atoms with Crippen LogP contribution < -0.4 is 16.6 Å². The fraction of sp³-hybridized carbons (Fsp3) is 0.100. The van der Waals surface area contributed by atoms with Crippen LogP contribution in [0.3, 0.4) is 0 Å². The Labute approximate surface area is 129 Å². The van der Waals surface area contributed by atoms with Gasteiger partial charge in [0.25, 0.3) is 11.5 Å². The van der Waals surface area contributed by atoms with Gasteiger partial charge in [0.2, 0.25) is 0 Å². The monoisotopic (exact) mass is 341 g/mol. The Balaban J connectivity index is 1.93. The van der Waals surface area contributed by atoms with Gasteiger partial charge in [-0.3, -0.25) is 30.0 Å². The first kappa shape index (κ1) is 16.0. The van der Waals surface area contributed by atoms with Crippen molar-refractivity contribution in [1.82, 2.24) is 15.0 Å². The number of esters is 1. The molecular weight excluding hydrogens is 334 g/mol. The number of rotatable bonds is 5. The van der Waals surface area contributed by atoms with Crippen molar-refractivity contribution in [2.24, 2.45) is 0 Å². The number of hydrogen-bond acceptors (Lipinski definition) is 9. The minimum absolute atomic E-state index is 0.0395. The van der Waals surface area contributed by atoms with Gasteiger partial charge in [0.05, 0.1) is 4.92 Å². The van der Waals surface area contributed by atoms with Gasteiger partial charge < -0.3 is 9.72 Å². The molecule has 0 atom stereocenters. The highest BCUT2D eigenvalue weighted by atomic mass is 32.1. The van der Waals surface area contributed by atoms with Crippen molar-refractivity contribution in [3.05, 3.63) is 48.9 Å². The second kappa shape index (κ2) is 6.61. The van der Waals surface area contributed by atoms with Crippen molar-refractivity contribution >= 4 is 33.3 Å². The quantitative estimate of drug-likeness (QED) is 0.360. The topological polar surface area (TPSA) is 177 Å². The zero-order valence-electron chi connectivity index (χ0n) is 11.0. The van der Waals surface area contributed by atoms with E-state index in [1.54, 1.807) is 0 Å². The van der Waals surface area contributed by atoms with E-state index >= 15 is 0 Å². The predicted octanol–water partition coefficient (Wildman–Crippen LogP) is -0.777. The summed E-state index contributed by atoms with van der Waals surface area (Å²) in [5.74, 6) is -1.89. The second-order valence-electron chi connectivity index (χ2n) is 3.89. The van der Waals surface area contributed by atoms with Gasteiger partial charge in [0.1, 0.15) is 11.9 Å². The Hall–Kier alpha value is -3.35. The number of thiazole rings is 1. The van der Waals surface area contributed by atoms with Crippen LogP contribution in [-0.4, -0.2) is 38.4 Å². The maximum atomic E-state index is 11.6. The van der Waals surface area contributed by atoms with Crippen molar-refractivity contribution < 1.29 is 19.2 Å². The molecule has 0 bridgehead atoms. The summed E-state index contributed by atoms with van der Waals surface area (Å²) in [7, 11) is 0. The molecule has 23 heavy (non-hydrogen) atoms. The van der Waals surface area contributed by atoms with Crippen LogP contribution in [0, 0.1) is 10.1 Å². The maximum absolute atomic E-state index is 11.6. The van der Waals surface area contributed by atoms with Crippen molar-refractivity contribution in [2.75, 3.05) is 11.9 Å². The average molecular weight is 341 g/mol. The largest absolute Gasteiger partial charge is 0.451 e. The fourth-order valence-corrected chi connectivity index (χ4v) is 2.00. The van der Waals surface area contributed by atoms with E-state index in [4.69, 9.17) is 0 Å². The van der Waals surface area contributed by atoms with E-state index in [-0.39, 0.29) is 10.1 Å². The van der Waals surface area contributed by atoms with Crippen LogP contribution in [0.15, 0.2) is 21.9 Å². The third kappa shape index (κ3) is 4.31. The molecule has 2 aromatic heterocycles. The first-order valence-electron chi connectivity index (χ1n) is 5.76. The van der Waals surface area contributed by atoms with Gasteiger partial charge in [-0.05, 0) is 11.3 Å². The fourth-order valence-electron chi connectivity index (χ4n) is 1.35. The summed E-state index contributed by atoms with van der Waals surface area (Å²) in [6, 6.07) is 0.797. The van der Waals surface area contributed by atoms with E-state index in [0.717, 1.165) is 12.3 Å². The van der Waals surface area contributed by atoms with Crippen molar-refractivity contribution in [1.29, 1.82) is 0 Å². The Kier molecular flexibility index (Phi) is 4.61. The highest BCUT2D eigenvalue weighted by Gasteiger charge is 2.15. The highest BCUT2D eigenvalue weighted by molar-refractivity contribution is 7.18. The number of carbonyl (C=O) groups is 2. The standard InChI is InChI=1S/C10H7N5O7S/c16-5-1-4(12-9(19)13-5)8(18)22-3-6(17)14-10-11-2-7(23-10)15(20)21/h1-2H,3H2,(H,11,14,17)(H2,12,13,16,19). The molecule has 12 nitrogen and oxygen atoms in total. The number of anilines is 1. The average Bonchev–Trinajstić information content (AvgIpc) is 2.92. The molecule has 0 unspecified atom stereocenters. The van der Waals surface area contributed by atoms with Gasteiger partial charge in [-0.25, -0.2) is 14.6 Å². The van der Waals surface area contributed by atoms with Crippen LogP contribution in [0.5, 0.6) is 0 Å². The third-order valence-corrected chi connectivity index (χ3v) is 3.10. The van der Waals surface area contributed by atoms with Gasteiger partial charge in [-0.15, -0.1) is 0 Å². The Bertz CT molecular complexity index is 854. The molecule has 2 aromatic rings. The first-order chi connectivity index (χ1) is 10.8. The van der Waals surface area contributed by atoms with E-state index in [9.17, 15) is 29.3 Å². The van der Waals surface area contributed by atoms with Crippen molar-refractivity contribution in [3.63, 3.8) is 0 Å². The van der Waals surface area contributed by atoms with Crippen molar-refractivity contribution in [3.8, 4) is 0 Å². The smallest absolute Gasteiger partial charge is 0.355 e. The molecule has 120 valence electrons. The Morgan fingerprint density at radius 3 is 2.74 bits per heavy atom. The number of aromatic nitrogens is 3. The summed E-state index contributed by atoms with van der Waals surface area (Å²) < 4.78 is 4.60. The SMILES string of the molecule is O=C(COC(=O)c1cc(=O)[nH]c(=O)[nH]1)Nc1ncc([N+](=O)[O-])s1. The first-order valence-corrected chi connectivity index (χ1v) is 6.57. The van der Waals surface area contributed by atoms with E-state index in [1.807, 2.05) is 9.97 Å². The van der Waals surface area contributed by atoms with Crippen molar-refractivity contribution in [2.45, 2.75) is 0 Å². The summed E-state index contributed by atoms with van der Waals surface area (Å²) in [4.78, 5) is 62.4. The zero-order chi connectivity index (χ0) is 17.0. The van der Waals surface area contributed by atoms with Gasteiger partial charge in [-0.1, -0.05) is 0 Å². The minimum atomic E-state index is -1.09. The number of nitrogens with one attached hydrogen (secondary N) is 3. The molecule has 3 N–H and O–H groups in total. The molecule has 0 aliphatic rings. The van der Waals surface area contributed by atoms with Gasteiger partial charge in [-0.2, -0.15) is 0 Å². The lowest BCUT2D eigenvalue weighted by Crippen LogP contribution is -2.27. The summed E-state index contributed by atoms with van der Waals surface area (Å²) >= 11 is 0.628. The molecule has 1 amide bonds. The van der Waals surface area contributed by atoms with E-state index in [0.29, 0.717) is 11.3 Å². The molecule has 2 rings (SSSR count). The molecule has 0 aliphatic heterocycles. The Morgan fingerprint density at radius 2 is 2.13 bits per heavy atom. The predicted molar refractivity (Wildman–Crippen MR) is 75.4 cm³/mol. The zero-order valence-corrected chi connectivity index (χ0v) is 11.8. The molecule has 0 spiro atoms. The molecule has 13 heteroatoms. The number of ether oxygens (including phenoxy) is 1. The molecular formula is C10H7N5O7S. The molecule has 0 fully saturated rings. The second-order valence-corrected chi connectivity index (χ2v) is 4.90. The summed E-state index contributed by atoms with van der Waals surface area (Å²) in [6.07, 6.45) is 0.966. The van der Waals surface area contributed by atoms with Crippen LogP contribution in [0.2, 0.25) is 0 Å². The van der Waals surface area contributed by atoms with Gasteiger partial charge in [0, 0.05) is 6.07 Å². The molecule has 0 aliphatic carbocycles. The number of nitrogens with zero attached hydrogens (tertiary/aromatic N) is 2. The molecule has 0 saturated carbocycles. The number of aromatic amines is 2. The number of hydrogen-bond donors (Lipinski definition) is 3. The van der Waals surface area contributed by atoms with Crippen LogP contribution in [-0.2, 0) is 9.53 Å². The van der Waals surface area contributed by atoms with Crippen LogP contribution in [0.1, 0.15) is 10.5 Å². The normalized spacial score (nSPS) is 10.1. The lowest BCUT2D eigenvalue weighted by molar-refractivity contribution is -0.380. The number of H-pyrrole nitrogens is 2. The maximum Gasteiger partial charge on any atom is 0.355 e. The third-order valence-electron chi connectivity index (χ3n) is 2.23. The van der Waals surface area contributed by atoms with E-state index in [1.165, 1.54) is 0 Å².